The highest BCUT2D eigenvalue weighted by Gasteiger charge is 2.32. The lowest BCUT2D eigenvalue weighted by Crippen LogP contribution is -2.45. The van der Waals surface area contributed by atoms with Crippen LogP contribution in [0, 0.1) is 12.7 Å². The average molecular weight is 537 g/mol. The number of aromatic nitrogens is 6. The predicted octanol–water partition coefficient (Wildman–Crippen LogP) is 3.50. The molecule has 11 nitrogen and oxygen atoms in total. The van der Waals surface area contributed by atoms with Gasteiger partial charge in [-0.2, -0.15) is 9.29 Å². The Morgan fingerprint density at radius 3 is 2.71 bits per heavy atom. The first-order chi connectivity index (χ1) is 18.3. The van der Waals surface area contributed by atoms with Crippen molar-refractivity contribution in [3.8, 4) is 22.6 Å². The van der Waals surface area contributed by atoms with E-state index in [9.17, 15) is 12.8 Å². The van der Waals surface area contributed by atoms with Crippen molar-refractivity contribution in [3.63, 3.8) is 0 Å². The quantitative estimate of drug-likeness (QED) is 0.350. The fourth-order valence-corrected chi connectivity index (χ4v) is 6.19. The molecular weight excluding hydrogens is 511 g/mol. The van der Waals surface area contributed by atoms with Gasteiger partial charge in [0.05, 0.1) is 5.69 Å². The van der Waals surface area contributed by atoms with Gasteiger partial charge in [-0.3, -0.25) is 4.40 Å². The van der Waals surface area contributed by atoms with Crippen LogP contribution >= 0.6 is 0 Å². The number of hydrogen-bond donors (Lipinski definition) is 1. The summed E-state index contributed by atoms with van der Waals surface area (Å²) in [5, 5.41) is 3.36. The number of piperidine rings is 1. The molecule has 0 bridgehead atoms. The molecule has 1 fully saturated rings. The molecule has 38 heavy (non-hydrogen) atoms. The van der Waals surface area contributed by atoms with Gasteiger partial charge in [0.15, 0.2) is 5.03 Å². The molecule has 5 heterocycles. The van der Waals surface area contributed by atoms with Crippen LogP contribution in [0.3, 0.4) is 0 Å². The molecule has 0 saturated carbocycles. The number of nitrogens with one attached hydrogen (secondary N) is 1. The molecule has 0 aliphatic carbocycles. The Labute approximate surface area is 218 Å². The fraction of sp³-hybridized carbons (Fsp3) is 0.280. The van der Waals surface area contributed by atoms with E-state index in [1.54, 1.807) is 53.5 Å². The zero-order chi connectivity index (χ0) is 26.4. The first-order valence-electron chi connectivity index (χ1n) is 12.1. The third-order valence-electron chi connectivity index (χ3n) is 6.69. The summed E-state index contributed by atoms with van der Waals surface area (Å²) in [6.07, 6.45) is 7.89. The number of rotatable bonds is 6. The van der Waals surface area contributed by atoms with Gasteiger partial charge in [0.25, 0.3) is 10.0 Å². The number of fused-ring (bicyclic) bond motifs is 1. The number of nitrogens with zero attached hydrogens (tertiary/aromatic N) is 7. The van der Waals surface area contributed by atoms with Gasteiger partial charge in [-0.1, -0.05) is 0 Å². The largest absolute Gasteiger partial charge is 0.432 e. The second-order valence-electron chi connectivity index (χ2n) is 9.22. The maximum Gasteiger partial charge on any atom is 0.306 e. The molecule has 13 heteroatoms. The smallest absolute Gasteiger partial charge is 0.306 e. The number of hydrogen-bond acceptors (Lipinski definition) is 8. The summed E-state index contributed by atoms with van der Waals surface area (Å²) in [5.74, 6) is 1.04. The predicted molar refractivity (Wildman–Crippen MR) is 137 cm³/mol. The maximum atomic E-state index is 13.5. The summed E-state index contributed by atoms with van der Waals surface area (Å²) < 4.78 is 50.4. The van der Waals surface area contributed by atoms with E-state index < -0.39 is 10.0 Å². The Hall–Kier alpha value is -4.10. The first kappa shape index (κ1) is 24.2. The molecule has 1 aromatic carbocycles. The van der Waals surface area contributed by atoms with Gasteiger partial charge in [0, 0.05) is 50.3 Å². The van der Waals surface area contributed by atoms with Crippen molar-refractivity contribution in [3.05, 3.63) is 66.8 Å². The summed E-state index contributed by atoms with van der Waals surface area (Å²) in [6, 6.07) is 7.64. The lowest BCUT2D eigenvalue weighted by molar-refractivity contribution is 0.325. The molecule has 1 N–H and O–H groups in total. The summed E-state index contributed by atoms with van der Waals surface area (Å²) in [5.41, 5.74) is 2.56. The van der Waals surface area contributed by atoms with Gasteiger partial charge >= 0.3 is 5.84 Å². The molecule has 1 saturated heterocycles. The van der Waals surface area contributed by atoms with Crippen LogP contribution in [0.4, 0.5) is 10.3 Å². The topological polar surface area (TPSA) is 123 Å². The second kappa shape index (κ2) is 9.33. The first-order valence-corrected chi connectivity index (χ1v) is 13.5. The molecule has 4 aromatic heterocycles. The van der Waals surface area contributed by atoms with Crippen LogP contribution in [0.25, 0.3) is 28.5 Å². The van der Waals surface area contributed by atoms with Gasteiger partial charge in [0.1, 0.15) is 29.3 Å². The molecule has 0 amide bonds. The van der Waals surface area contributed by atoms with Crippen LogP contribution in [-0.2, 0) is 17.1 Å². The van der Waals surface area contributed by atoms with Crippen LogP contribution in [0.15, 0.2) is 64.6 Å². The van der Waals surface area contributed by atoms with E-state index in [2.05, 4.69) is 20.3 Å². The van der Waals surface area contributed by atoms with Crippen molar-refractivity contribution >= 4 is 21.8 Å². The van der Waals surface area contributed by atoms with Gasteiger partial charge < -0.3 is 14.3 Å². The molecule has 6 rings (SSSR count). The number of sulfonamides is 1. The highest BCUT2D eigenvalue weighted by Crippen LogP contribution is 2.32. The Kier molecular flexibility index (Phi) is 5.95. The van der Waals surface area contributed by atoms with Crippen LogP contribution in [0.5, 0.6) is 0 Å². The van der Waals surface area contributed by atoms with Crippen molar-refractivity contribution < 1.29 is 17.2 Å². The van der Waals surface area contributed by atoms with E-state index in [0.717, 1.165) is 6.42 Å². The van der Waals surface area contributed by atoms with Gasteiger partial charge in [-0.05, 0) is 50.1 Å². The van der Waals surface area contributed by atoms with Crippen LogP contribution in [0.1, 0.15) is 18.7 Å². The van der Waals surface area contributed by atoms with Crippen molar-refractivity contribution in [1.29, 1.82) is 0 Å². The summed E-state index contributed by atoms with van der Waals surface area (Å²) >= 11 is 0. The number of oxazole rings is 1. The summed E-state index contributed by atoms with van der Waals surface area (Å²) in [6.45, 7) is 2.46. The Bertz CT molecular complexity index is 1710. The Morgan fingerprint density at radius 1 is 1.13 bits per heavy atom. The SMILES string of the molecule is Cc1nc(S(=O)(=O)N2CCC[C@@H](Nc3nccc(-c4c(-c5ccc(F)cc5)nc5occn45)n3)C2)cn1C. The number of halogens is 1. The van der Waals surface area contributed by atoms with Crippen LogP contribution in [-0.4, -0.2) is 60.8 Å². The zero-order valence-electron chi connectivity index (χ0n) is 20.7. The lowest BCUT2D eigenvalue weighted by Gasteiger charge is -2.31. The molecule has 0 spiro atoms. The molecule has 1 aliphatic heterocycles. The fourth-order valence-electron chi connectivity index (χ4n) is 4.64. The summed E-state index contributed by atoms with van der Waals surface area (Å²) in [4.78, 5) is 17.9. The third-order valence-corrected chi connectivity index (χ3v) is 8.42. The van der Waals surface area contributed by atoms with E-state index >= 15 is 0 Å². The minimum atomic E-state index is -3.72. The standard InChI is InChI=1S/C25H25FN8O3S/c1-16-28-21(15-32(16)2)38(35,36)33-11-3-4-19(14-33)29-24-27-10-9-20(30-24)23-22(17-5-7-18(26)8-6-17)31-25-34(23)12-13-37-25/h5-10,12-13,15,19H,3-4,11,14H2,1-2H3,(H,27,29,30)/t19-/m1/s1. The van der Waals surface area contributed by atoms with E-state index in [4.69, 9.17) is 9.40 Å². The number of anilines is 1. The molecule has 0 radical (unpaired) electrons. The average Bonchev–Trinajstić information content (AvgIpc) is 3.60. The minimum Gasteiger partial charge on any atom is -0.432 e. The Morgan fingerprint density at radius 2 is 1.95 bits per heavy atom. The van der Waals surface area contributed by atoms with Gasteiger partial charge in [0.2, 0.25) is 5.95 Å². The zero-order valence-corrected chi connectivity index (χ0v) is 21.6. The Balaban J connectivity index is 1.28. The van der Waals surface area contributed by atoms with Gasteiger partial charge in [-0.25, -0.2) is 27.8 Å². The van der Waals surface area contributed by atoms with E-state index in [1.807, 2.05) is 0 Å². The van der Waals surface area contributed by atoms with Crippen molar-refractivity contribution in [2.45, 2.75) is 30.8 Å². The lowest BCUT2D eigenvalue weighted by atomic mass is 10.1. The minimum absolute atomic E-state index is 0.0505. The monoisotopic (exact) mass is 536 g/mol. The van der Waals surface area contributed by atoms with E-state index in [1.165, 1.54) is 28.9 Å². The van der Waals surface area contributed by atoms with Gasteiger partial charge in [-0.15, -0.1) is 0 Å². The third kappa shape index (κ3) is 4.33. The molecule has 1 aliphatic rings. The van der Waals surface area contributed by atoms with Crippen molar-refractivity contribution in [2.75, 3.05) is 18.4 Å². The molecule has 5 aromatic rings. The molecule has 1 atom stereocenters. The van der Waals surface area contributed by atoms with E-state index in [-0.39, 0.29) is 23.4 Å². The number of imidazole rings is 2. The van der Waals surface area contributed by atoms with Crippen LogP contribution in [0.2, 0.25) is 0 Å². The molecule has 0 unspecified atom stereocenters. The van der Waals surface area contributed by atoms with Crippen LogP contribution < -0.4 is 5.32 Å². The number of aryl methyl sites for hydroxylation is 2. The number of benzene rings is 1. The second-order valence-corrected chi connectivity index (χ2v) is 11.1. The maximum absolute atomic E-state index is 13.5. The van der Waals surface area contributed by atoms with E-state index in [0.29, 0.717) is 53.2 Å². The summed E-state index contributed by atoms with van der Waals surface area (Å²) in [7, 11) is -1.95. The highest BCUT2D eigenvalue weighted by atomic mass is 32.2. The highest BCUT2D eigenvalue weighted by molar-refractivity contribution is 7.89. The normalized spacial score (nSPS) is 16.8. The molecule has 196 valence electrons. The van der Waals surface area contributed by atoms with Crippen molar-refractivity contribution in [1.82, 2.24) is 33.2 Å². The van der Waals surface area contributed by atoms with Crippen molar-refractivity contribution in [2.24, 2.45) is 7.05 Å². The molecular formula is C25H25FN8O3S.